The number of rotatable bonds is 5. The van der Waals surface area contributed by atoms with Gasteiger partial charge in [-0.15, -0.1) is 0 Å². The second-order valence-electron chi connectivity index (χ2n) is 5.15. The lowest BCUT2D eigenvalue weighted by atomic mass is 10.2. The summed E-state index contributed by atoms with van der Waals surface area (Å²) in [5.41, 5.74) is 2.15. The van der Waals surface area contributed by atoms with E-state index in [4.69, 9.17) is 0 Å². The largest absolute Gasteiger partial charge is 0.365 e. The van der Waals surface area contributed by atoms with E-state index in [9.17, 15) is 0 Å². The van der Waals surface area contributed by atoms with Crippen LogP contribution in [-0.4, -0.2) is 29.5 Å². The Morgan fingerprint density at radius 1 is 0.875 bits per heavy atom. The molecule has 0 radical (unpaired) electrons. The molecule has 1 N–H and O–H groups in total. The van der Waals surface area contributed by atoms with E-state index in [0.717, 1.165) is 11.3 Å². The van der Waals surface area contributed by atoms with Crippen LogP contribution < -0.4 is 5.32 Å². The van der Waals surface area contributed by atoms with Crippen molar-refractivity contribution in [3.8, 4) is 11.5 Å². The second-order valence-corrected chi connectivity index (χ2v) is 5.15. The summed E-state index contributed by atoms with van der Waals surface area (Å²) in [4.78, 5) is 8.75. The van der Waals surface area contributed by atoms with Crippen LogP contribution in [0.5, 0.6) is 0 Å². The predicted molar refractivity (Wildman–Crippen MR) is 90.0 cm³/mol. The summed E-state index contributed by atoms with van der Waals surface area (Å²) in [7, 11) is 0. The molecule has 0 saturated carbocycles. The molecule has 0 fully saturated rings. The van der Waals surface area contributed by atoms with Crippen LogP contribution in [0.1, 0.15) is 5.56 Å². The summed E-state index contributed by atoms with van der Waals surface area (Å²) < 4.78 is 3.53. The molecule has 0 amide bonds. The zero-order valence-electron chi connectivity index (χ0n) is 12.8. The monoisotopic (exact) mass is 317 g/mol. The molecule has 3 heterocycles. The number of anilines is 1. The molecular weight excluding hydrogens is 302 g/mol. The first kappa shape index (κ1) is 14.1. The molecule has 4 rings (SSSR count). The number of para-hydroxylation sites is 1. The number of aromatic nitrogens is 6. The van der Waals surface area contributed by atoms with Gasteiger partial charge in [0.15, 0.2) is 5.82 Å². The van der Waals surface area contributed by atoms with Gasteiger partial charge in [-0.2, -0.15) is 10.2 Å². The van der Waals surface area contributed by atoms with Gasteiger partial charge >= 0.3 is 0 Å². The Bertz CT molecular complexity index is 914. The van der Waals surface area contributed by atoms with Crippen LogP contribution in [0.25, 0.3) is 11.5 Å². The molecule has 0 spiro atoms. The molecule has 3 aromatic heterocycles. The lowest BCUT2D eigenvalue weighted by molar-refractivity contribution is 0.835. The van der Waals surface area contributed by atoms with Gasteiger partial charge in [0.1, 0.15) is 5.82 Å². The minimum atomic E-state index is 0.618. The fourth-order valence-corrected chi connectivity index (χ4v) is 2.44. The molecule has 0 bridgehead atoms. The van der Waals surface area contributed by atoms with Gasteiger partial charge in [-0.25, -0.2) is 14.3 Å². The van der Waals surface area contributed by atoms with E-state index in [1.165, 1.54) is 0 Å². The molecule has 0 atom stereocenters. The van der Waals surface area contributed by atoms with Crippen molar-refractivity contribution in [3.05, 3.63) is 79.1 Å². The van der Waals surface area contributed by atoms with Gasteiger partial charge in [0.05, 0.1) is 18.1 Å². The molecule has 24 heavy (non-hydrogen) atoms. The summed E-state index contributed by atoms with van der Waals surface area (Å²) in [5, 5.41) is 11.8. The summed E-state index contributed by atoms with van der Waals surface area (Å²) in [6.07, 6.45) is 10.6. The molecule has 0 aliphatic heterocycles. The highest BCUT2D eigenvalue weighted by molar-refractivity contribution is 5.44. The van der Waals surface area contributed by atoms with Crippen LogP contribution in [0.4, 0.5) is 5.82 Å². The van der Waals surface area contributed by atoms with E-state index < -0.39 is 0 Å². The van der Waals surface area contributed by atoms with Crippen LogP contribution >= 0.6 is 0 Å². The first-order valence-electron chi connectivity index (χ1n) is 7.54. The first-order chi connectivity index (χ1) is 11.9. The Kier molecular flexibility index (Phi) is 3.73. The third-order valence-electron chi connectivity index (χ3n) is 3.56. The zero-order chi connectivity index (χ0) is 16.2. The minimum Gasteiger partial charge on any atom is -0.365 e. The Morgan fingerprint density at radius 3 is 2.46 bits per heavy atom. The van der Waals surface area contributed by atoms with E-state index in [-0.39, 0.29) is 0 Å². The maximum absolute atomic E-state index is 4.53. The summed E-state index contributed by atoms with van der Waals surface area (Å²) >= 11 is 0. The summed E-state index contributed by atoms with van der Waals surface area (Å²) in [5.74, 6) is 1.36. The van der Waals surface area contributed by atoms with Crippen molar-refractivity contribution in [2.45, 2.75) is 6.54 Å². The number of nitrogens with zero attached hydrogens (tertiary/aromatic N) is 6. The van der Waals surface area contributed by atoms with Crippen molar-refractivity contribution in [1.29, 1.82) is 0 Å². The van der Waals surface area contributed by atoms with E-state index in [2.05, 4.69) is 31.5 Å². The van der Waals surface area contributed by atoms with Crippen LogP contribution in [0.15, 0.2) is 73.6 Å². The van der Waals surface area contributed by atoms with Crippen molar-refractivity contribution in [3.63, 3.8) is 0 Å². The molecule has 0 aliphatic carbocycles. The fourth-order valence-electron chi connectivity index (χ4n) is 2.44. The summed E-state index contributed by atoms with van der Waals surface area (Å²) in [6, 6.07) is 11.9. The van der Waals surface area contributed by atoms with E-state index in [1.54, 1.807) is 29.5 Å². The maximum atomic E-state index is 4.53. The molecule has 7 heteroatoms. The number of hydrogen-bond donors (Lipinski definition) is 1. The van der Waals surface area contributed by atoms with Gasteiger partial charge in [-0.05, 0) is 23.8 Å². The van der Waals surface area contributed by atoms with E-state index >= 15 is 0 Å². The molecule has 0 aliphatic rings. The number of hydrogen-bond acceptors (Lipinski definition) is 5. The highest BCUT2D eigenvalue weighted by atomic mass is 15.3. The minimum absolute atomic E-state index is 0.618. The van der Waals surface area contributed by atoms with Gasteiger partial charge in [-0.3, -0.25) is 4.98 Å². The second kappa shape index (κ2) is 6.33. The van der Waals surface area contributed by atoms with Gasteiger partial charge in [0, 0.05) is 31.3 Å². The molecule has 4 aromatic rings. The van der Waals surface area contributed by atoms with Crippen molar-refractivity contribution >= 4 is 5.82 Å². The van der Waals surface area contributed by atoms with Gasteiger partial charge in [-0.1, -0.05) is 18.2 Å². The molecule has 118 valence electrons. The highest BCUT2D eigenvalue weighted by Crippen LogP contribution is 2.15. The normalized spacial score (nSPS) is 10.7. The van der Waals surface area contributed by atoms with Crippen LogP contribution in [0.3, 0.4) is 0 Å². The highest BCUT2D eigenvalue weighted by Gasteiger charge is 2.06. The molecule has 0 saturated heterocycles. The van der Waals surface area contributed by atoms with E-state index in [1.807, 2.05) is 47.4 Å². The SMILES string of the molecule is c1ccc(-n2cccn2)c(CNc2cncc(-n3cccn3)n2)c1. The molecule has 0 unspecified atom stereocenters. The number of nitrogens with one attached hydrogen (secondary N) is 1. The third kappa shape index (κ3) is 2.87. The van der Waals surface area contributed by atoms with Crippen LogP contribution in [-0.2, 0) is 6.54 Å². The lowest BCUT2D eigenvalue weighted by Gasteiger charge is -2.11. The topological polar surface area (TPSA) is 73.5 Å². The molecule has 7 nitrogen and oxygen atoms in total. The quantitative estimate of drug-likeness (QED) is 0.612. The van der Waals surface area contributed by atoms with Crippen LogP contribution in [0.2, 0.25) is 0 Å². The predicted octanol–water partition coefficient (Wildman–Crippen LogP) is 2.46. The van der Waals surface area contributed by atoms with Gasteiger partial charge in [0.2, 0.25) is 0 Å². The average Bonchev–Trinajstić information content (AvgIpc) is 3.34. The van der Waals surface area contributed by atoms with Crippen LogP contribution in [0, 0.1) is 0 Å². The van der Waals surface area contributed by atoms with Crippen molar-refractivity contribution in [2.75, 3.05) is 5.32 Å². The Hall–Kier alpha value is -3.48. The molecular formula is C17H15N7. The average molecular weight is 317 g/mol. The summed E-state index contributed by atoms with van der Waals surface area (Å²) in [6.45, 7) is 0.618. The Morgan fingerprint density at radius 2 is 1.67 bits per heavy atom. The molecule has 1 aromatic carbocycles. The van der Waals surface area contributed by atoms with E-state index in [0.29, 0.717) is 18.2 Å². The fraction of sp³-hybridized carbons (Fsp3) is 0.0588. The smallest absolute Gasteiger partial charge is 0.173 e. The Balaban J connectivity index is 1.55. The van der Waals surface area contributed by atoms with Crippen molar-refractivity contribution in [2.24, 2.45) is 0 Å². The maximum Gasteiger partial charge on any atom is 0.173 e. The standard InChI is InChI=1S/C17H15N7/c1-2-6-15(23-9-3-7-20-23)14(5-1)11-19-16-12-18-13-17(22-16)24-10-4-8-21-24/h1-10,12-13H,11H2,(H,19,22). The van der Waals surface area contributed by atoms with Crippen molar-refractivity contribution in [1.82, 2.24) is 29.5 Å². The first-order valence-corrected chi connectivity index (χ1v) is 7.54. The zero-order valence-corrected chi connectivity index (χ0v) is 12.8. The third-order valence-corrected chi connectivity index (χ3v) is 3.56. The number of benzene rings is 1. The lowest BCUT2D eigenvalue weighted by Crippen LogP contribution is -2.08. The Labute approximate surface area is 138 Å². The van der Waals surface area contributed by atoms with Gasteiger partial charge < -0.3 is 5.32 Å². The van der Waals surface area contributed by atoms with Crippen molar-refractivity contribution < 1.29 is 0 Å². The van der Waals surface area contributed by atoms with Gasteiger partial charge in [0.25, 0.3) is 0 Å².